The number of esters is 2. The van der Waals surface area contributed by atoms with E-state index in [0.29, 0.717) is 10.8 Å². The van der Waals surface area contributed by atoms with E-state index in [4.69, 9.17) is 19.7 Å². The fourth-order valence-electron chi connectivity index (χ4n) is 2.91. The average Bonchev–Trinajstić information content (AvgIpc) is 3.24. The topological polar surface area (TPSA) is 168 Å². The fourth-order valence-corrected chi connectivity index (χ4v) is 3.49. The summed E-state index contributed by atoms with van der Waals surface area (Å²) in [6.07, 6.45) is 0.632. The summed E-state index contributed by atoms with van der Waals surface area (Å²) < 4.78 is 10.2. The summed E-state index contributed by atoms with van der Waals surface area (Å²) >= 11 is 1.43. The van der Waals surface area contributed by atoms with Crippen LogP contribution in [0.1, 0.15) is 36.1 Å². The van der Waals surface area contributed by atoms with Crippen molar-refractivity contribution < 1.29 is 38.9 Å². The summed E-state index contributed by atoms with van der Waals surface area (Å²) in [6.45, 7) is 4.29. The van der Waals surface area contributed by atoms with Crippen LogP contribution >= 0.6 is 11.3 Å². The lowest BCUT2D eigenvalue weighted by Gasteiger charge is -2.25. The zero-order valence-corrected chi connectivity index (χ0v) is 20.8. The van der Waals surface area contributed by atoms with Crippen molar-refractivity contribution in [3.63, 3.8) is 0 Å². The molecule has 0 atom stereocenters. The van der Waals surface area contributed by atoms with E-state index in [2.05, 4.69) is 15.2 Å². The van der Waals surface area contributed by atoms with Gasteiger partial charge in [-0.15, -0.1) is 10.2 Å². The lowest BCUT2D eigenvalue weighted by atomic mass is 10.1. The third-order valence-electron chi connectivity index (χ3n) is 4.73. The molecule has 0 amide bonds. The Morgan fingerprint density at radius 1 is 0.917 bits per heavy atom. The Morgan fingerprint density at radius 3 is 1.97 bits per heavy atom. The van der Waals surface area contributed by atoms with E-state index in [1.807, 2.05) is 24.8 Å². The quantitative estimate of drug-likeness (QED) is 0.260. The van der Waals surface area contributed by atoms with E-state index in [-0.39, 0.29) is 52.0 Å². The highest BCUT2D eigenvalue weighted by atomic mass is 32.1. The van der Waals surface area contributed by atoms with Crippen LogP contribution in [-0.4, -0.2) is 65.4 Å². The zero-order chi connectivity index (χ0) is 26.5. The maximum atomic E-state index is 11.7. The summed E-state index contributed by atoms with van der Waals surface area (Å²) in [5, 5.41) is 26.3. The van der Waals surface area contributed by atoms with Gasteiger partial charge in [0.25, 0.3) is 0 Å². The van der Waals surface area contributed by atoms with Crippen LogP contribution in [0.3, 0.4) is 0 Å². The Balaban J connectivity index is 2.03. The van der Waals surface area contributed by atoms with Gasteiger partial charge in [-0.1, -0.05) is 11.3 Å². The minimum absolute atomic E-state index is 0.00464. The van der Waals surface area contributed by atoms with Gasteiger partial charge in [0.15, 0.2) is 0 Å². The van der Waals surface area contributed by atoms with Gasteiger partial charge in [0.1, 0.15) is 13.2 Å². The molecule has 0 bridgehead atoms. The van der Waals surface area contributed by atoms with E-state index in [9.17, 15) is 19.2 Å². The number of thiazole rings is 1. The summed E-state index contributed by atoms with van der Waals surface area (Å²) in [6, 6.07) is 5.44. The number of aromatic nitrogens is 1. The van der Waals surface area contributed by atoms with Crippen LogP contribution in [0.25, 0.3) is 0 Å². The van der Waals surface area contributed by atoms with Crippen molar-refractivity contribution in [2.24, 2.45) is 10.2 Å². The second-order valence-corrected chi connectivity index (χ2v) is 8.85. The Kier molecular flexibility index (Phi) is 11.4. The average molecular weight is 521 g/mol. The van der Waals surface area contributed by atoms with Gasteiger partial charge in [0.05, 0.1) is 44.5 Å². The molecule has 0 radical (unpaired) electrons. The van der Waals surface area contributed by atoms with E-state index in [1.165, 1.54) is 11.3 Å². The first kappa shape index (κ1) is 28.4. The number of hydrogen-bond acceptors (Lipinski definition) is 11. The lowest BCUT2D eigenvalue weighted by Crippen LogP contribution is -2.32. The lowest BCUT2D eigenvalue weighted by molar-refractivity contribution is -0.147. The molecule has 1 heterocycles. The van der Waals surface area contributed by atoms with E-state index in [1.54, 1.807) is 18.3 Å². The number of carboxylic acids is 2. The number of anilines is 1. The van der Waals surface area contributed by atoms with Crippen LogP contribution in [0, 0.1) is 13.8 Å². The number of carbonyl (C=O) groups is 4. The maximum Gasteiger partial charge on any atom is 0.306 e. The second kappa shape index (κ2) is 14.5. The van der Waals surface area contributed by atoms with Gasteiger partial charge in [-0.2, -0.15) is 0 Å². The molecule has 0 fully saturated rings. The molecule has 12 nitrogen and oxygen atoms in total. The standard InChI is InChI=1S/C23H28N4O8S/c1-15-13-17(3-4-18(15)25-26-23-24-14-16(2)36-23)27(9-11-34-21(32)7-5-19(28)29)10-12-35-22(33)8-6-20(30)31/h3-4,13-14H,5-12H2,1-2H3,(H,28,29)(H,30,31). The predicted molar refractivity (Wildman–Crippen MR) is 130 cm³/mol. The number of carbonyl (C=O) groups excluding carboxylic acids is 2. The van der Waals surface area contributed by atoms with E-state index >= 15 is 0 Å². The minimum atomic E-state index is -1.09. The molecular formula is C23H28N4O8S. The van der Waals surface area contributed by atoms with Gasteiger partial charge >= 0.3 is 23.9 Å². The predicted octanol–water partition coefficient (Wildman–Crippen LogP) is 3.80. The summed E-state index contributed by atoms with van der Waals surface area (Å²) in [4.78, 5) is 51.7. The van der Waals surface area contributed by atoms with Gasteiger partial charge < -0.3 is 24.6 Å². The van der Waals surface area contributed by atoms with Gasteiger partial charge in [-0.25, -0.2) is 4.98 Å². The molecular weight excluding hydrogens is 492 g/mol. The highest BCUT2D eigenvalue weighted by molar-refractivity contribution is 7.15. The van der Waals surface area contributed by atoms with E-state index < -0.39 is 23.9 Å². The van der Waals surface area contributed by atoms with Crippen LogP contribution in [0.2, 0.25) is 0 Å². The number of benzene rings is 1. The number of hydrogen-bond donors (Lipinski definition) is 2. The Bertz CT molecular complexity index is 1070. The van der Waals surface area contributed by atoms with Crippen LogP contribution in [-0.2, 0) is 28.7 Å². The van der Waals surface area contributed by atoms with Gasteiger partial charge in [-0.05, 0) is 37.6 Å². The monoisotopic (exact) mass is 520 g/mol. The molecule has 36 heavy (non-hydrogen) atoms. The molecule has 13 heteroatoms. The highest BCUT2D eigenvalue weighted by Gasteiger charge is 2.13. The molecule has 1 aromatic carbocycles. The maximum absolute atomic E-state index is 11.7. The van der Waals surface area contributed by atoms with Gasteiger partial charge in [0, 0.05) is 16.8 Å². The number of azo groups is 1. The molecule has 2 N–H and O–H groups in total. The number of aryl methyl sites for hydroxylation is 2. The number of carboxylic acid groups (broad SMARTS) is 2. The normalized spacial score (nSPS) is 10.8. The third-order valence-corrected chi connectivity index (χ3v) is 5.53. The van der Waals surface area contributed by atoms with E-state index in [0.717, 1.165) is 16.1 Å². The first-order valence-corrected chi connectivity index (χ1v) is 11.9. The summed E-state index contributed by atoms with van der Waals surface area (Å²) in [5.74, 6) is -3.42. The largest absolute Gasteiger partial charge is 0.481 e. The Morgan fingerprint density at radius 2 is 1.50 bits per heavy atom. The highest BCUT2D eigenvalue weighted by Crippen LogP contribution is 2.28. The van der Waals surface area contributed by atoms with Crippen LogP contribution < -0.4 is 4.90 Å². The fraction of sp³-hybridized carbons (Fsp3) is 0.435. The summed E-state index contributed by atoms with van der Waals surface area (Å²) in [5.41, 5.74) is 2.22. The van der Waals surface area contributed by atoms with Crippen molar-refractivity contribution in [1.29, 1.82) is 0 Å². The van der Waals surface area contributed by atoms with Crippen molar-refractivity contribution in [3.8, 4) is 0 Å². The third kappa shape index (κ3) is 10.6. The smallest absolute Gasteiger partial charge is 0.306 e. The van der Waals surface area contributed by atoms with Gasteiger partial charge in [-0.3, -0.25) is 19.2 Å². The molecule has 0 aliphatic carbocycles. The molecule has 2 rings (SSSR count). The Hall–Kier alpha value is -3.87. The van der Waals surface area contributed by atoms with Crippen molar-refractivity contribution in [3.05, 3.63) is 34.8 Å². The van der Waals surface area contributed by atoms with Gasteiger partial charge in [0.2, 0.25) is 5.13 Å². The molecule has 1 aromatic heterocycles. The number of aliphatic carboxylic acids is 2. The first-order chi connectivity index (χ1) is 17.1. The molecule has 0 unspecified atom stereocenters. The number of nitrogens with zero attached hydrogens (tertiary/aromatic N) is 4. The minimum Gasteiger partial charge on any atom is -0.481 e. The molecule has 0 saturated carbocycles. The van der Waals surface area contributed by atoms with Crippen LogP contribution in [0.5, 0.6) is 0 Å². The first-order valence-electron chi connectivity index (χ1n) is 11.1. The number of ether oxygens (including phenoxy) is 2. The molecule has 194 valence electrons. The van der Waals surface area contributed by atoms with Crippen LogP contribution in [0.4, 0.5) is 16.5 Å². The zero-order valence-electron chi connectivity index (χ0n) is 20.0. The molecule has 0 aliphatic rings. The SMILES string of the molecule is Cc1cnc(N=Nc2ccc(N(CCOC(=O)CCC(=O)O)CCOC(=O)CCC(=O)O)cc2C)s1. The Labute approximate surface area is 211 Å². The second-order valence-electron chi connectivity index (χ2n) is 7.64. The number of rotatable bonds is 15. The summed E-state index contributed by atoms with van der Waals surface area (Å²) in [7, 11) is 0. The molecule has 2 aromatic rings. The van der Waals surface area contributed by atoms with Crippen molar-refractivity contribution in [2.45, 2.75) is 39.5 Å². The molecule has 0 spiro atoms. The molecule has 0 saturated heterocycles. The van der Waals surface area contributed by atoms with Crippen LogP contribution in [0.15, 0.2) is 34.6 Å². The van der Waals surface area contributed by atoms with Crippen molar-refractivity contribution in [2.75, 3.05) is 31.2 Å². The van der Waals surface area contributed by atoms with Crippen molar-refractivity contribution in [1.82, 2.24) is 4.98 Å². The molecule has 0 aliphatic heterocycles. The van der Waals surface area contributed by atoms with Crippen molar-refractivity contribution >= 4 is 51.7 Å².